The van der Waals surface area contributed by atoms with Crippen molar-refractivity contribution >= 4 is 5.57 Å². The van der Waals surface area contributed by atoms with Crippen LogP contribution in [0.1, 0.15) is 39.3 Å². The van der Waals surface area contributed by atoms with E-state index in [0.717, 1.165) is 6.42 Å². The summed E-state index contributed by atoms with van der Waals surface area (Å²) in [4.78, 5) is 0. The largest absolute Gasteiger partial charge is 0.103 e. The normalized spacial score (nSPS) is 12.2. The first kappa shape index (κ1) is 13.7. The van der Waals surface area contributed by atoms with Gasteiger partial charge in [0.1, 0.15) is 0 Å². The fraction of sp³-hybridized carbons (Fsp3) is 0.333. The molecule has 0 heterocycles. The highest BCUT2D eigenvalue weighted by Crippen LogP contribution is 2.31. The molecule has 1 aliphatic carbocycles. The highest BCUT2D eigenvalue weighted by molar-refractivity contribution is 5.74. The maximum absolute atomic E-state index is 3.36. The Kier molecular flexibility index (Phi) is 5.69. The minimum absolute atomic E-state index is 0. The lowest BCUT2D eigenvalue weighted by Crippen LogP contribution is -1.80. The first-order valence-electron chi connectivity index (χ1n) is 5.02. The fourth-order valence-corrected chi connectivity index (χ4v) is 1.69. The summed E-state index contributed by atoms with van der Waals surface area (Å²) in [6.45, 7) is 9.68. The molecular weight excluding hydrogens is 180 g/mol. The predicted octanol–water partition coefficient (Wildman–Crippen LogP) is 4.86. The van der Waals surface area contributed by atoms with Crippen LogP contribution in [0.15, 0.2) is 42.5 Å². The van der Waals surface area contributed by atoms with Crippen LogP contribution in [0, 0.1) is 0 Å². The second kappa shape index (κ2) is 6.23. The van der Waals surface area contributed by atoms with E-state index in [4.69, 9.17) is 0 Å². The molecule has 0 aromatic heterocycles. The van der Waals surface area contributed by atoms with Gasteiger partial charge < -0.3 is 0 Å². The van der Waals surface area contributed by atoms with Gasteiger partial charge in [-0.3, -0.25) is 0 Å². The van der Waals surface area contributed by atoms with Crippen LogP contribution in [0.4, 0.5) is 0 Å². The Labute approximate surface area is 94.3 Å². The number of fused-ring (bicyclic) bond motifs is 1. The van der Waals surface area contributed by atoms with Crippen molar-refractivity contribution in [3.8, 4) is 0 Å². The minimum atomic E-state index is 0. The van der Waals surface area contributed by atoms with Crippen LogP contribution in [-0.2, 0) is 6.42 Å². The molecule has 0 radical (unpaired) electrons. The lowest BCUT2D eigenvalue weighted by atomic mass is 10.1. The third kappa shape index (κ3) is 3.09. The molecule has 1 aromatic carbocycles. The van der Waals surface area contributed by atoms with Gasteiger partial charge >= 0.3 is 0 Å². The molecule has 0 unspecified atom stereocenters. The topological polar surface area (TPSA) is 0 Å². The molecule has 0 saturated carbocycles. The van der Waals surface area contributed by atoms with E-state index >= 15 is 0 Å². The molecule has 15 heavy (non-hydrogen) atoms. The van der Waals surface area contributed by atoms with Crippen LogP contribution in [0.2, 0.25) is 0 Å². The van der Waals surface area contributed by atoms with E-state index in [1.165, 1.54) is 22.3 Å². The molecule has 0 bridgehead atoms. The zero-order chi connectivity index (χ0) is 10.6. The summed E-state index contributed by atoms with van der Waals surface area (Å²) in [5.74, 6) is 0. The van der Waals surface area contributed by atoms with Gasteiger partial charge in [-0.15, -0.1) is 6.58 Å². The second-order valence-electron chi connectivity index (χ2n) is 3.65. The number of hydrogen-bond donors (Lipinski definition) is 0. The molecular formula is C15H22. The number of rotatable bonds is 0. The Morgan fingerprint density at radius 2 is 1.73 bits per heavy atom. The minimum Gasteiger partial charge on any atom is -0.103 e. The molecule has 0 nitrogen and oxygen atoms in total. The summed E-state index contributed by atoms with van der Waals surface area (Å²) in [5.41, 5.74) is 5.93. The second-order valence-corrected chi connectivity index (χ2v) is 3.65. The number of hydrogen-bond acceptors (Lipinski definition) is 0. The van der Waals surface area contributed by atoms with Crippen LogP contribution in [0.3, 0.4) is 0 Å². The lowest BCUT2D eigenvalue weighted by molar-refractivity contribution is 1.19. The molecule has 0 N–H and O–H groups in total. The zero-order valence-corrected chi connectivity index (χ0v) is 9.30. The summed E-state index contributed by atoms with van der Waals surface area (Å²) >= 11 is 0. The molecule has 1 aromatic rings. The van der Waals surface area contributed by atoms with Crippen molar-refractivity contribution in [2.24, 2.45) is 0 Å². The van der Waals surface area contributed by atoms with Gasteiger partial charge in [0.25, 0.3) is 0 Å². The monoisotopic (exact) mass is 202 g/mol. The molecule has 0 heteroatoms. The average molecular weight is 202 g/mol. The molecule has 1 aliphatic rings. The quantitative estimate of drug-likeness (QED) is 0.527. The maximum Gasteiger partial charge on any atom is -0.00579 e. The summed E-state index contributed by atoms with van der Waals surface area (Å²) in [6.07, 6.45) is 2.90. The van der Waals surface area contributed by atoms with Gasteiger partial charge in [-0.1, -0.05) is 43.3 Å². The predicted molar refractivity (Wildman–Crippen MR) is 71.0 cm³/mol. The van der Waals surface area contributed by atoms with Crippen molar-refractivity contribution < 1.29 is 0 Å². The molecule has 0 amide bonds. The Morgan fingerprint density at radius 3 is 2.27 bits per heavy atom. The SMILES string of the molecule is C.C=CC.CC1=C(C)c2ccccc2C1. The van der Waals surface area contributed by atoms with Crippen molar-refractivity contribution in [2.75, 3.05) is 0 Å². The highest BCUT2D eigenvalue weighted by Gasteiger charge is 2.13. The molecule has 0 aliphatic heterocycles. The molecule has 82 valence electrons. The molecule has 0 atom stereocenters. The summed E-state index contributed by atoms with van der Waals surface area (Å²) in [5, 5.41) is 0. The van der Waals surface area contributed by atoms with Gasteiger partial charge in [0.05, 0.1) is 0 Å². The van der Waals surface area contributed by atoms with Crippen molar-refractivity contribution in [2.45, 2.75) is 34.6 Å². The van der Waals surface area contributed by atoms with E-state index < -0.39 is 0 Å². The Bertz CT molecular complexity index is 356. The van der Waals surface area contributed by atoms with Gasteiger partial charge in [0.15, 0.2) is 0 Å². The van der Waals surface area contributed by atoms with Gasteiger partial charge in [0.2, 0.25) is 0 Å². The van der Waals surface area contributed by atoms with Crippen molar-refractivity contribution in [1.82, 2.24) is 0 Å². The summed E-state index contributed by atoms with van der Waals surface area (Å²) in [6, 6.07) is 8.65. The molecule has 0 saturated heterocycles. The van der Waals surface area contributed by atoms with Crippen LogP contribution >= 0.6 is 0 Å². The maximum atomic E-state index is 3.36. The van der Waals surface area contributed by atoms with E-state index in [1.54, 1.807) is 6.08 Å². The van der Waals surface area contributed by atoms with Gasteiger partial charge in [-0.05, 0) is 43.9 Å². The standard InChI is InChI=1S/C11H12.C3H6.CH4/c1-8-7-10-5-3-4-6-11(10)9(8)2;1-3-2;/h3-6H,7H2,1-2H3;3H,1H2,2H3;1H4. The fourth-order valence-electron chi connectivity index (χ4n) is 1.69. The van der Waals surface area contributed by atoms with Gasteiger partial charge in [-0.25, -0.2) is 0 Å². The average Bonchev–Trinajstić information content (AvgIpc) is 2.45. The van der Waals surface area contributed by atoms with Gasteiger partial charge in [-0.2, -0.15) is 0 Å². The van der Waals surface area contributed by atoms with E-state index in [0.29, 0.717) is 0 Å². The first-order valence-corrected chi connectivity index (χ1v) is 5.02. The zero-order valence-electron chi connectivity index (χ0n) is 9.30. The molecule has 0 spiro atoms. The highest BCUT2D eigenvalue weighted by atomic mass is 14.2. The van der Waals surface area contributed by atoms with E-state index in [-0.39, 0.29) is 7.43 Å². The van der Waals surface area contributed by atoms with E-state index in [9.17, 15) is 0 Å². The van der Waals surface area contributed by atoms with Crippen LogP contribution < -0.4 is 0 Å². The lowest BCUT2D eigenvalue weighted by Gasteiger charge is -1.97. The smallest absolute Gasteiger partial charge is 0.00579 e. The molecule has 2 rings (SSSR count). The third-order valence-electron chi connectivity index (χ3n) is 2.52. The Morgan fingerprint density at radius 1 is 1.20 bits per heavy atom. The first-order chi connectivity index (χ1) is 6.70. The number of benzene rings is 1. The number of allylic oxidation sites excluding steroid dienone is 3. The van der Waals surface area contributed by atoms with Crippen molar-refractivity contribution in [3.05, 3.63) is 53.6 Å². The van der Waals surface area contributed by atoms with Crippen molar-refractivity contribution in [1.29, 1.82) is 0 Å². The van der Waals surface area contributed by atoms with Crippen LogP contribution in [-0.4, -0.2) is 0 Å². The Balaban J connectivity index is 0.000000443. The Hall–Kier alpha value is -1.30. The van der Waals surface area contributed by atoms with Crippen LogP contribution in [0.5, 0.6) is 0 Å². The van der Waals surface area contributed by atoms with Crippen molar-refractivity contribution in [3.63, 3.8) is 0 Å². The van der Waals surface area contributed by atoms with Gasteiger partial charge in [0, 0.05) is 0 Å². The van der Waals surface area contributed by atoms with E-state index in [1.807, 2.05) is 6.92 Å². The van der Waals surface area contributed by atoms with Crippen LogP contribution in [0.25, 0.3) is 5.57 Å². The molecule has 0 fully saturated rings. The third-order valence-corrected chi connectivity index (χ3v) is 2.52. The van der Waals surface area contributed by atoms with E-state index in [2.05, 4.69) is 44.7 Å². The summed E-state index contributed by atoms with van der Waals surface area (Å²) in [7, 11) is 0. The summed E-state index contributed by atoms with van der Waals surface area (Å²) < 4.78 is 0.